The molecule has 1 aromatic carbocycles. The Labute approximate surface area is 98.8 Å². The zero-order valence-corrected chi connectivity index (χ0v) is 9.66. The van der Waals surface area contributed by atoms with Crippen LogP contribution in [0.5, 0.6) is 0 Å². The molecule has 1 aliphatic heterocycles. The molecule has 0 amide bonds. The van der Waals surface area contributed by atoms with E-state index in [1.54, 1.807) is 12.1 Å². The number of hydrogen-bond acceptors (Lipinski definition) is 4. The number of thioether (sulfide) groups is 1. The van der Waals surface area contributed by atoms with Crippen molar-refractivity contribution in [1.82, 2.24) is 0 Å². The van der Waals surface area contributed by atoms with E-state index in [1.165, 1.54) is 11.8 Å². The second kappa shape index (κ2) is 5.37. The number of hydrogen-bond donors (Lipinski definition) is 0. The minimum Gasteiger partial charge on any atom is -0.545 e. The molecule has 16 heavy (non-hydrogen) atoms. The smallest absolute Gasteiger partial charge is 0.0726 e. The van der Waals surface area contributed by atoms with Crippen LogP contribution in [-0.2, 0) is 4.74 Å². The first kappa shape index (κ1) is 11.5. The molecule has 3 nitrogen and oxygen atoms in total. The highest BCUT2D eigenvalue weighted by atomic mass is 32.2. The van der Waals surface area contributed by atoms with Gasteiger partial charge in [0.2, 0.25) is 0 Å². The summed E-state index contributed by atoms with van der Waals surface area (Å²) in [4.78, 5) is 11.6. The van der Waals surface area contributed by atoms with Crippen molar-refractivity contribution in [2.75, 3.05) is 12.4 Å². The molecular weight excluding hydrogens is 224 g/mol. The van der Waals surface area contributed by atoms with Gasteiger partial charge in [-0.1, -0.05) is 18.2 Å². The van der Waals surface area contributed by atoms with Crippen LogP contribution in [-0.4, -0.2) is 24.4 Å². The highest BCUT2D eigenvalue weighted by molar-refractivity contribution is 7.99. The Morgan fingerprint density at radius 3 is 3.00 bits per heavy atom. The molecule has 1 atom stereocenters. The number of carboxylic acids is 1. The SMILES string of the molecule is O=C([O-])c1ccccc1SC[C@H]1CCCO1. The third-order valence-corrected chi connectivity index (χ3v) is 3.76. The van der Waals surface area contributed by atoms with E-state index in [0.717, 1.165) is 30.1 Å². The van der Waals surface area contributed by atoms with Crippen molar-refractivity contribution in [3.05, 3.63) is 29.8 Å². The topological polar surface area (TPSA) is 49.4 Å². The number of ether oxygens (including phenoxy) is 1. The van der Waals surface area contributed by atoms with Crippen molar-refractivity contribution in [1.29, 1.82) is 0 Å². The van der Waals surface area contributed by atoms with Crippen LogP contribution in [0.4, 0.5) is 0 Å². The lowest BCUT2D eigenvalue weighted by Gasteiger charge is -2.12. The molecule has 0 saturated carbocycles. The van der Waals surface area contributed by atoms with Crippen molar-refractivity contribution in [3.63, 3.8) is 0 Å². The third-order valence-electron chi connectivity index (χ3n) is 2.56. The van der Waals surface area contributed by atoms with E-state index in [2.05, 4.69) is 0 Å². The second-order valence-electron chi connectivity index (χ2n) is 3.73. The van der Waals surface area contributed by atoms with Crippen molar-refractivity contribution in [2.45, 2.75) is 23.8 Å². The largest absolute Gasteiger partial charge is 0.545 e. The van der Waals surface area contributed by atoms with Gasteiger partial charge in [-0.2, -0.15) is 0 Å². The predicted octanol–water partition coefficient (Wildman–Crippen LogP) is 1.32. The van der Waals surface area contributed by atoms with Crippen LogP contribution >= 0.6 is 11.8 Å². The van der Waals surface area contributed by atoms with Gasteiger partial charge in [-0.3, -0.25) is 0 Å². The Morgan fingerprint density at radius 1 is 1.50 bits per heavy atom. The van der Waals surface area contributed by atoms with Crippen LogP contribution in [0, 0.1) is 0 Å². The molecule has 0 radical (unpaired) electrons. The Morgan fingerprint density at radius 2 is 2.31 bits per heavy atom. The first-order valence-electron chi connectivity index (χ1n) is 5.32. The molecule has 86 valence electrons. The molecular formula is C12H13O3S-. The molecule has 0 aliphatic carbocycles. The molecule has 0 aromatic heterocycles. The second-order valence-corrected chi connectivity index (χ2v) is 4.79. The lowest BCUT2D eigenvalue weighted by Crippen LogP contribution is -2.23. The maximum absolute atomic E-state index is 10.9. The minimum absolute atomic E-state index is 0.264. The first-order chi connectivity index (χ1) is 7.77. The average molecular weight is 237 g/mol. The predicted molar refractivity (Wildman–Crippen MR) is 60.5 cm³/mol. The first-order valence-corrected chi connectivity index (χ1v) is 6.30. The van der Waals surface area contributed by atoms with Crippen LogP contribution in [0.25, 0.3) is 0 Å². The number of carboxylic acid groups (broad SMARTS) is 1. The normalized spacial score (nSPS) is 19.9. The van der Waals surface area contributed by atoms with E-state index in [4.69, 9.17) is 4.74 Å². The number of rotatable bonds is 4. The van der Waals surface area contributed by atoms with Crippen molar-refractivity contribution >= 4 is 17.7 Å². The molecule has 1 fully saturated rings. The van der Waals surface area contributed by atoms with Crippen molar-refractivity contribution in [3.8, 4) is 0 Å². The number of benzene rings is 1. The van der Waals surface area contributed by atoms with Crippen LogP contribution < -0.4 is 5.11 Å². The number of carbonyl (C=O) groups is 1. The highest BCUT2D eigenvalue weighted by Crippen LogP contribution is 2.26. The Bertz CT molecular complexity index is 372. The summed E-state index contributed by atoms with van der Waals surface area (Å²) < 4.78 is 5.49. The Hall–Kier alpha value is -1.00. The van der Waals surface area contributed by atoms with Gasteiger partial charge in [0.05, 0.1) is 12.1 Å². The maximum Gasteiger partial charge on any atom is 0.0726 e. The average Bonchev–Trinajstić information content (AvgIpc) is 2.79. The van der Waals surface area contributed by atoms with E-state index < -0.39 is 5.97 Å². The molecule has 1 aliphatic rings. The lowest BCUT2D eigenvalue weighted by atomic mass is 10.2. The summed E-state index contributed by atoms with van der Waals surface area (Å²) in [5.41, 5.74) is 0.269. The summed E-state index contributed by atoms with van der Waals surface area (Å²) in [5, 5.41) is 10.9. The van der Waals surface area contributed by atoms with E-state index in [9.17, 15) is 9.90 Å². The molecule has 0 N–H and O–H groups in total. The van der Waals surface area contributed by atoms with E-state index >= 15 is 0 Å². The van der Waals surface area contributed by atoms with Crippen molar-refractivity contribution in [2.24, 2.45) is 0 Å². The highest BCUT2D eigenvalue weighted by Gasteiger charge is 2.16. The van der Waals surface area contributed by atoms with Crippen LogP contribution in [0.2, 0.25) is 0 Å². The summed E-state index contributed by atoms with van der Waals surface area (Å²) in [7, 11) is 0. The zero-order valence-electron chi connectivity index (χ0n) is 8.85. The van der Waals surface area contributed by atoms with Gasteiger partial charge in [-0.15, -0.1) is 11.8 Å². The Balaban J connectivity index is 2.00. The van der Waals surface area contributed by atoms with Gasteiger partial charge >= 0.3 is 0 Å². The molecule has 0 bridgehead atoms. The molecule has 2 rings (SSSR count). The van der Waals surface area contributed by atoms with Gasteiger partial charge in [0, 0.05) is 22.8 Å². The maximum atomic E-state index is 10.9. The number of aromatic carboxylic acids is 1. The molecule has 1 aromatic rings. The fraction of sp³-hybridized carbons (Fsp3) is 0.417. The standard InChI is InChI=1S/C12H14O3S/c13-12(14)10-5-1-2-6-11(10)16-8-9-4-3-7-15-9/h1-2,5-6,9H,3-4,7-8H2,(H,13,14)/p-1/t9-/m1/s1. The van der Waals surface area contributed by atoms with Gasteiger partial charge in [-0.05, 0) is 18.9 Å². The van der Waals surface area contributed by atoms with Crippen molar-refractivity contribution < 1.29 is 14.6 Å². The molecule has 1 saturated heterocycles. The van der Waals surface area contributed by atoms with Crippen LogP contribution in [0.15, 0.2) is 29.2 Å². The fourth-order valence-electron chi connectivity index (χ4n) is 1.72. The van der Waals surface area contributed by atoms with Gasteiger partial charge in [0.15, 0.2) is 0 Å². The van der Waals surface area contributed by atoms with Gasteiger partial charge in [-0.25, -0.2) is 0 Å². The molecule has 0 spiro atoms. The van der Waals surface area contributed by atoms with Gasteiger partial charge in [0.1, 0.15) is 0 Å². The number of carbonyl (C=O) groups excluding carboxylic acids is 1. The van der Waals surface area contributed by atoms with Gasteiger partial charge < -0.3 is 14.6 Å². The summed E-state index contributed by atoms with van der Waals surface area (Å²) >= 11 is 1.53. The van der Waals surface area contributed by atoms with Crippen LogP contribution in [0.1, 0.15) is 23.2 Å². The zero-order chi connectivity index (χ0) is 11.4. The van der Waals surface area contributed by atoms with E-state index in [0.29, 0.717) is 0 Å². The molecule has 1 heterocycles. The van der Waals surface area contributed by atoms with E-state index in [-0.39, 0.29) is 11.7 Å². The Kier molecular flexibility index (Phi) is 3.85. The summed E-state index contributed by atoms with van der Waals surface area (Å²) in [6, 6.07) is 6.93. The molecule has 4 heteroatoms. The fourth-order valence-corrected chi connectivity index (χ4v) is 2.83. The quantitative estimate of drug-likeness (QED) is 0.741. The monoisotopic (exact) mass is 237 g/mol. The lowest BCUT2D eigenvalue weighted by molar-refractivity contribution is -0.255. The molecule has 0 unspecified atom stereocenters. The van der Waals surface area contributed by atoms with Crippen LogP contribution in [0.3, 0.4) is 0 Å². The summed E-state index contributed by atoms with van der Waals surface area (Å²) in [5.74, 6) is -0.306. The van der Waals surface area contributed by atoms with Gasteiger partial charge in [0.25, 0.3) is 0 Å². The third kappa shape index (κ3) is 2.77. The summed E-state index contributed by atoms with van der Waals surface area (Å²) in [6.45, 7) is 0.827. The minimum atomic E-state index is -1.12. The summed E-state index contributed by atoms with van der Waals surface area (Å²) in [6.07, 6.45) is 2.44. The van der Waals surface area contributed by atoms with E-state index in [1.807, 2.05) is 12.1 Å².